The molecule has 0 saturated carbocycles. The third-order valence-corrected chi connectivity index (χ3v) is 6.47. The van der Waals surface area contributed by atoms with Crippen molar-refractivity contribution in [1.82, 2.24) is 14.7 Å². The summed E-state index contributed by atoms with van der Waals surface area (Å²) in [5.41, 5.74) is 1.52. The molecule has 2 saturated heterocycles. The normalized spacial score (nSPS) is 21.2. The van der Waals surface area contributed by atoms with Crippen LogP contribution in [-0.2, 0) is 11.2 Å². The molecule has 0 N–H and O–H groups in total. The molecular formula is C22H35N3O2. The Morgan fingerprint density at radius 2 is 1.78 bits per heavy atom. The highest BCUT2D eigenvalue weighted by Gasteiger charge is 2.40. The average molecular weight is 374 g/mol. The van der Waals surface area contributed by atoms with Crippen LogP contribution in [0.5, 0.6) is 5.75 Å². The van der Waals surface area contributed by atoms with E-state index < -0.39 is 0 Å². The van der Waals surface area contributed by atoms with Crippen molar-refractivity contribution in [3.8, 4) is 5.75 Å². The molecule has 150 valence electrons. The molecule has 1 aromatic rings. The van der Waals surface area contributed by atoms with E-state index in [1.54, 1.807) is 7.11 Å². The maximum Gasteiger partial charge on any atom is 0.222 e. The van der Waals surface area contributed by atoms with Gasteiger partial charge in [0.25, 0.3) is 0 Å². The van der Waals surface area contributed by atoms with Gasteiger partial charge in [0.05, 0.1) is 7.11 Å². The number of carbonyl (C=O) groups is 1. The summed E-state index contributed by atoms with van der Waals surface area (Å²) in [7, 11) is 6.18. The third-order valence-electron chi connectivity index (χ3n) is 6.47. The van der Waals surface area contributed by atoms with E-state index in [1.165, 1.54) is 25.1 Å². The average Bonchev–Trinajstić information content (AvgIpc) is 2.81. The van der Waals surface area contributed by atoms with Crippen molar-refractivity contribution >= 4 is 5.91 Å². The van der Waals surface area contributed by atoms with E-state index >= 15 is 0 Å². The van der Waals surface area contributed by atoms with Crippen LogP contribution in [0.1, 0.15) is 37.7 Å². The van der Waals surface area contributed by atoms with Crippen LogP contribution in [0.3, 0.4) is 0 Å². The van der Waals surface area contributed by atoms with Crippen LogP contribution in [0, 0.1) is 0 Å². The second-order valence-corrected chi connectivity index (χ2v) is 8.32. The quantitative estimate of drug-likeness (QED) is 0.795. The van der Waals surface area contributed by atoms with E-state index in [2.05, 4.69) is 40.9 Å². The van der Waals surface area contributed by atoms with Crippen LogP contribution in [0.4, 0.5) is 0 Å². The molecule has 2 aliphatic rings. The van der Waals surface area contributed by atoms with Crippen LogP contribution in [0.25, 0.3) is 0 Å². The van der Waals surface area contributed by atoms with E-state index in [-0.39, 0.29) is 5.54 Å². The Labute approximate surface area is 164 Å². The summed E-state index contributed by atoms with van der Waals surface area (Å²) >= 11 is 0. The van der Waals surface area contributed by atoms with Gasteiger partial charge in [-0.25, -0.2) is 0 Å². The zero-order valence-electron chi connectivity index (χ0n) is 17.2. The highest BCUT2D eigenvalue weighted by atomic mass is 16.5. The van der Waals surface area contributed by atoms with Crippen LogP contribution in [-0.4, -0.2) is 80.1 Å². The van der Waals surface area contributed by atoms with Crippen LogP contribution < -0.4 is 4.74 Å². The number of ether oxygens (including phenoxy) is 1. The van der Waals surface area contributed by atoms with E-state index in [4.69, 9.17) is 4.74 Å². The monoisotopic (exact) mass is 373 g/mol. The summed E-state index contributed by atoms with van der Waals surface area (Å²) in [6, 6.07) is 8.15. The van der Waals surface area contributed by atoms with E-state index in [1.807, 2.05) is 12.1 Å². The fourth-order valence-corrected chi connectivity index (χ4v) is 4.62. The minimum Gasteiger partial charge on any atom is -0.497 e. The summed E-state index contributed by atoms with van der Waals surface area (Å²) in [4.78, 5) is 19.8. The first kappa shape index (κ1) is 20.2. The highest BCUT2D eigenvalue weighted by molar-refractivity contribution is 5.76. The number of hydrogen-bond donors (Lipinski definition) is 0. The number of amides is 1. The number of aryl methyl sites for hydroxylation is 1. The number of methoxy groups -OCH3 is 1. The van der Waals surface area contributed by atoms with Crippen LogP contribution in [0.15, 0.2) is 24.3 Å². The minimum absolute atomic E-state index is 0.255. The predicted octanol–water partition coefficient (Wildman–Crippen LogP) is 2.65. The Bertz CT molecular complexity index is 608. The van der Waals surface area contributed by atoms with Gasteiger partial charge >= 0.3 is 0 Å². The second-order valence-electron chi connectivity index (χ2n) is 8.32. The zero-order valence-corrected chi connectivity index (χ0v) is 17.2. The number of likely N-dealkylation sites (tertiary alicyclic amines) is 1. The van der Waals surface area contributed by atoms with Crippen molar-refractivity contribution in [3.05, 3.63) is 29.8 Å². The lowest BCUT2D eigenvalue weighted by atomic mass is 9.85. The summed E-state index contributed by atoms with van der Waals surface area (Å²) in [5, 5.41) is 0. The summed E-state index contributed by atoms with van der Waals surface area (Å²) in [6.45, 7) is 5.28. The van der Waals surface area contributed by atoms with Gasteiger partial charge in [-0.1, -0.05) is 12.1 Å². The van der Waals surface area contributed by atoms with Crippen molar-refractivity contribution in [3.63, 3.8) is 0 Å². The van der Waals surface area contributed by atoms with Gasteiger partial charge in [-0.15, -0.1) is 0 Å². The smallest absolute Gasteiger partial charge is 0.222 e. The standard InChI is InChI=1S/C22H35N3O2/c1-23-14-5-15-24(2)22(18-23)12-16-25(17-13-22)21(26)7-4-6-19-8-10-20(27-3)11-9-19/h8-11H,4-7,12-18H2,1-3H3. The summed E-state index contributed by atoms with van der Waals surface area (Å²) in [6.07, 6.45) is 5.93. The molecule has 0 unspecified atom stereocenters. The Balaban J connectivity index is 1.45. The minimum atomic E-state index is 0.255. The third kappa shape index (κ3) is 5.02. The lowest BCUT2D eigenvalue weighted by Gasteiger charge is -2.47. The van der Waals surface area contributed by atoms with E-state index in [0.29, 0.717) is 12.3 Å². The fraction of sp³-hybridized carbons (Fsp3) is 0.682. The number of hydrogen-bond acceptors (Lipinski definition) is 4. The van der Waals surface area contributed by atoms with Crippen molar-refractivity contribution in [2.24, 2.45) is 0 Å². The number of piperidine rings is 1. The molecule has 3 rings (SSSR count). The van der Waals surface area contributed by atoms with Crippen molar-refractivity contribution in [2.75, 3.05) is 53.9 Å². The fourth-order valence-electron chi connectivity index (χ4n) is 4.62. The van der Waals surface area contributed by atoms with Crippen LogP contribution >= 0.6 is 0 Å². The number of carbonyl (C=O) groups excluding carboxylic acids is 1. The molecule has 1 aromatic carbocycles. The molecule has 0 aromatic heterocycles. The molecule has 0 bridgehead atoms. The van der Waals surface area contributed by atoms with Crippen molar-refractivity contribution in [2.45, 2.75) is 44.1 Å². The molecule has 0 aliphatic carbocycles. The van der Waals surface area contributed by atoms with Gasteiger partial charge in [0, 0.05) is 31.6 Å². The Morgan fingerprint density at radius 3 is 2.44 bits per heavy atom. The summed E-state index contributed by atoms with van der Waals surface area (Å²) < 4.78 is 5.19. The number of benzene rings is 1. The molecular weight excluding hydrogens is 338 g/mol. The van der Waals surface area contributed by atoms with Gasteiger partial charge in [-0.05, 0) is 77.0 Å². The highest BCUT2D eigenvalue weighted by Crippen LogP contribution is 2.31. The lowest BCUT2D eigenvalue weighted by molar-refractivity contribution is -0.134. The molecule has 2 heterocycles. The lowest BCUT2D eigenvalue weighted by Crippen LogP contribution is -2.58. The molecule has 2 fully saturated rings. The molecule has 2 aliphatic heterocycles. The Morgan fingerprint density at radius 1 is 1.07 bits per heavy atom. The zero-order chi connectivity index (χ0) is 19.3. The largest absolute Gasteiger partial charge is 0.497 e. The van der Waals surface area contributed by atoms with Gasteiger partial charge in [0.15, 0.2) is 0 Å². The molecule has 5 nitrogen and oxygen atoms in total. The molecule has 1 amide bonds. The summed E-state index contributed by atoms with van der Waals surface area (Å²) in [5.74, 6) is 1.20. The maximum absolute atomic E-state index is 12.7. The van der Waals surface area contributed by atoms with Gasteiger partial charge in [-0.3, -0.25) is 9.69 Å². The number of rotatable bonds is 5. The predicted molar refractivity (Wildman–Crippen MR) is 109 cm³/mol. The number of likely N-dealkylation sites (N-methyl/N-ethyl adjacent to an activating group) is 2. The van der Waals surface area contributed by atoms with Crippen LogP contribution in [0.2, 0.25) is 0 Å². The van der Waals surface area contributed by atoms with Gasteiger partial charge in [0.2, 0.25) is 5.91 Å². The van der Waals surface area contributed by atoms with Gasteiger partial charge in [-0.2, -0.15) is 0 Å². The SMILES string of the molecule is COc1ccc(CCCC(=O)N2CCC3(CC2)CN(C)CCCN3C)cc1. The molecule has 0 radical (unpaired) electrons. The van der Waals surface area contributed by atoms with Gasteiger partial charge < -0.3 is 14.5 Å². The second kappa shape index (κ2) is 9.07. The first-order valence-corrected chi connectivity index (χ1v) is 10.3. The topological polar surface area (TPSA) is 36.0 Å². The molecule has 27 heavy (non-hydrogen) atoms. The molecule has 5 heteroatoms. The first-order valence-electron chi connectivity index (χ1n) is 10.3. The van der Waals surface area contributed by atoms with Crippen molar-refractivity contribution in [1.29, 1.82) is 0 Å². The Kier molecular flexibility index (Phi) is 6.77. The maximum atomic E-state index is 12.7. The van der Waals surface area contributed by atoms with Gasteiger partial charge in [0.1, 0.15) is 5.75 Å². The van der Waals surface area contributed by atoms with E-state index in [9.17, 15) is 4.79 Å². The van der Waals surface area contributed by atoms with E-state index in [0.717, 1.165) is 51.1 Å². The molecule has 0 atom stereocenters. The Hall–Kier alpha value is -1.59. The first-order chi connectivity index (χ1) is 13.0. The van der Waals surface area contributed by atoms with Crippen molar-refractivity contribution < 1.29 is 9.53 Å². The number of nitrogens with zero attached hydrogens (tertiary/aromatic N) is 3. The molecule has 1 spiro atoms.